The Bertz CT molecular complexity index is 1080. The Morgan fingerprint density at radius 1 is 1.11 bits per heavy atom. The van der Waals surface area contributed by atoms with Gasteiger partial charge in [-0.15, -0.1) is 0 Å². The number of hydrogen-bond acceptors (Lipinski definition) is 6. The van der Waals surface area contributed by atoms with Crippen molar-refractivity contribution in [3.63, 3.8) is 0 Å². The normalized spacial score (nSPS) is 17.0. The first-order valence-corrected chi connectivity index (χ1v) is 8.74. The van der Waals surface area contributed by atoms with Gasteiger partial charge < -0.3 is 29.3 Å². The number of aliphatic hydroxyl groups excluding tert-OH is 1. The van der Waals surface area contributed by atoms with Crippen LogP contribution in [0.1, 0.15) is 11.6 Å². The predicted molar refractivity (Wildman–Crippen MR) is 102 cm³/mol. The standard InChI is InChI=1S/C21H19NO5/c1-22-15(9-23)19-12(5-6-16(24)21(19)25-2)13-4-3-11-7-17-18(27-10-26-17)8-14(11)20(13)22/h3-8,15,23-24H,9-10H2,1-2H3/t15-/m1/s1. The van der Waals surface area contributed by atoms with Gasteiger partial charge in [0.05, 0.1) is 25.4 Å². The number of nitrogens with zero attached hydrogens (tertiary/aromatic N) is 1. The molecule has 0 unspecified atom stereocenters. The highest BCUT2D eigenvalue weighted by Crippen LogP contribution is 2.53. The number of rotatable bonds is 2. The van der Waals surface area contributed by atoms with E-state index in [1.807, 2.05) is 36.2 Å². The number of fused-ring (bicyclic) bond motifs is 6. The van der Waals surface area contributed by atoms with E-state index >= 15 is 0 Å². The fourth-order valence-electron chi connectivity index (χ4n) is 4.23. The molecule has 3 aromatic carbocycles. The van der Waals surface area contributed by atoms with Crippen molar-refractivity contribution in [2.24, 2.45) is 0 Å². The van der Waals surface area contributed by atoms with Gasteiger partial charge in [-0.05, 0) is 35.2 Å². The summed E-state index contributed by atoms with van der Waals surface area (Å²) in [4.78, 5) is 2.03. The quantitative estimate of drug-likeness (QED) is 0.725. The fourth-order valence-corrected chi connectivity index (χ4v) is 4.23. The number of ether oxygens (including phenoxy) is 3. The van der Waals surface area contributed by atoms with E-state index in [1.165, 1.54) is 7.11 Å². The van der Waals surface area contributed by atoms with Gasteiger partial charge in [0.15, 0.2) is 23.0 Å². The molecule has 1 atom stereocenters. The molecular formula is C21H19NO5. The van der Waals surface area contributed by atoms with Crippen LogP contribution in [0.15, 0.2) is 36.4 Å². The van der Waals surface area contributed by atoms with Crippen molar-refractivity contribution in [3.05, 3.63) is 42.0 Å². The molecular weight excluding hydrogens is 346 g/mol. The smallest absolute Gasteiger partial charge is 0.231 e. The number of benzene rings is 3. The summed E-state index contributed by atoms with van der Waals surface area (Å²) in [5, 5.41) is 22.4. The molecule has 3 aromatic rings. The van der Waals surface area contributed by atoms with E-state index in [-0.39, 0.29) is 25.2 Å². The number of phenolic OH excluding ortho intramolecular Hbond substituents is 1. The number of phenols is 1. The predicted octanol–water partition coefficient (Wildman–Crippen LogP) is 3.43. The summed E-state index contributed by atoms with van der Waals surface area (Å²) in [6.45, 7) is 0.117. The van der Waals surface area contributed by atoms with E-state index in [1.54, 1.807) is 6.07 Å². The average Bonchev–Trinajstić information content (AvgIpc) is 3.13. The lowest BCUT2D eigenvalue weighted by atomic mass is 9.85. The molecule has 138 valence electrons. The van der Waals surface area contributed by atoms with E-state index < -0.39 is 0 Å². The maximum Gasteiger partial charge on any atom is 0.231 e. The molecule has 0 saturated heterocycles. The van der Waals surface area contributed by atoms with Crippen LogP contribution in [0, 0.1) is 0 Å². The van der Waals surface area contributed by atoms with Crippen molar-refractivity contribution in [1.29, 1.82) is 0 Å². The first-order chi connectivity index (χ1) is 13.1. The summed E-state index contributed by atoms with van der Waals surface area (Å²) in [7, 11) is 3.47. The molecule has 0 aliphatic carbocycles. The zero-order valence-electron chi connectivity index (χ0n) is 15.0. The number of aliphatic hydroxyl groups is 1. The van der Waals surface area contributed by atoms with Gasteiger partial charge in [-0.25, -0.2) is 0 Å². The first kappa shape index (κ1) is 16.1. The van der Waals surface area contributed by atoms with Crippen LogP contribution in [-0.2, 0) is 0 Å². The van der Waals surface area contributed by atoms with Crippen LogP contribution in [0.4, 0.5) is 5.69 Å². The highest BCUT2D eigenvalue weighted by molar-refractivity contribution is 6.05. The molecule has 2 heterocycles. The summed E-state index contributed by atoms with van der Waals surface area (Å²) in [6.07, 6.45) is 0. The monoisotopic (exact) mass is 365 g/mol. The third kappa shape index (κ3) is 2.10. The zero-order valence-corrected chi connectivity index (χ0v) is 15.0. The fraction of sp³-hybridized carbons (Fsp3) is 0.238. The van der Waals surface area contributed by atoms with Gasteiger partial charge in [0.25, 0.3) is 0 Å². The molecule has 27 heavy (non-hydrogen) atoms. The molecule has 0 aromatic heterocycles. The van der Waals surface area contributed by atoms with Gasteiger partial charge in [-0.1, -0.05) is 12.1 Å². The average molecular weight is 365 g/mol. The number of methoxy groups -OCH3 is 1. The van der Waals surface area contributed by atoms with Gasteiger partial charge in [0, 0.05) is 23.6 Å². The van der Waals surface area contributed by atoms with Crippen molar-refractivity contribution in [1.82, 2.24) is 0 Å². The molecule has 0 amide bonds. The summed E-state index contributed by atoms with van der Waals surface area (Å²) in [5.41, 5.74) is 3.75. The van der Waals surface area contributed by atoms with E-state index in [2.05, 4.69) is 6.07 Å². The second-order valence-corrected chi connectivity index (χ2v) is 6.78. The van der Waals surface area contributed by atoms with E-state index in [4.69, 9.17) is 14.2 Å². The van der Waals surface area contributed by atoms with Crippen LogP contribution in [0.5, 0.6) is 23.0 Å². The third-order valence-corrected chi connectivity index (χ3v) is 5.48. The van der Waals surface area contributed by atoms with Crippen molar-refractivity contribution in [3.8, 4) is 34.1 Å². The Morgan fingerprint density at radius 2 is 1.85 bits per heavy atom. The minimum absolute atomic E-state index is 0.0655. The highest BCUT2D eigenvalue weighted by atomic mass is 16.7. The summed E-state index contributed by atoms with van der Waals surface area (Å²) >= 11 is 0. The van der Waals surface area contributed by atoms with Gasteiger partial charge in [-0.2, -0.15) is 0 Å². The summed E-state index contributed by atoms with van der Waals surface area (Å²) in [5.74, 6) is 1.93. The molecule has 0 spiro atoms. The van der Waals surface area contributed by atoms with E-state index in [0.29, 0.717) is 5.75 Å². The molecule has 2 N–H and O–H groups in total. The molecule has 6 nitrogen and oxygen atoms in total. The lowest BCUT2D eigenvalue weighted by Gasteiger charge is -2.38. The van der Waals surface area contributed by atoms with Crippen molar-refractivity contribution < 1.29 is 24.4 Å². The molecule has 2 aliphatic heterocycles. The summed E-state index contributed by atoms with van der Waals surface area (Å²) in [6, 6.07) is 11.2. The highest BCUT2D eigenvalue weighted by Gasteiger charge is 2.34. The first-order valence-electron chi connectivity index (χ1n) is 8.74. The lowest BCUT2D eigenvalue weighted by Crippen LogP contribution is -2.31. The second-order valence-electron chi connectivity index (χ2n) is 6.78. The van der Waals surface area contributed by atoms with Crippen LogP contribution in [-0.4, -0.2) is 37.8 Å². The van der Waals surface area contributed by atoms with E-state index in [9.17, 15) is 10.2 Å². The maximum atomic E-state index is 10.2. The Balaban J connectivity index is 1.86. The molecule has 0 bridgehead atoms. The van der Waals surface area contributed by atoms with Crippen molar-refractivity contribution >= 4 is 16.5 Å². The lowest BCUT2D eigenvalue weighted by molar-refractivity contribution is 0.174. The van der Waals surface area contributed by atoms with Gasteiger partial charge >= 0.3 is 0 Å². The molecule has 0 saturated carbocycles. The largest absolute Gasteiger partial charge is 0.504 e. The Morgan fingerprint density at radius 3 is 2.59 bits per heavy atom. The molecule has 5 rings (SSSR count). The second kappa shape index (κ2) is 5.69. The third-order valence-electron chi connectivity index (χ3n) is 5.48. The molecule has 0 fully saturated rings. The van der Waals surface area contributed by atoms with Crippen LogP contribution < -0.4 is 19.1 Å². The number of aromatic hydroxyl groups is 1. The maximum absolute atomic E-state index is 10.2. The van der Waals surface area contributed by atoms with Crippen LogP contribution in [0.3, 0.4) is 0 Å². The van der Waals surface area contributed by atoms with E-state index in [0.717, 1.165) is 44.6 Å². The van der Waals surface area contributed by atoms with Crippen molar-refractivity contribution in [2.45, 2.75) is 6.04 Å². The Labute approximate surface area is 156 Å². The molecule has 0 radical (unpaired) electrons. The topological polar surface area (TPSA) is 71.4 Å². The Hall–Kier alpha value is -3.12. The van der Waals surface area contributed by atoms with Crippen LogP contribution in [0.25, 0.3) is 21.9 Å². The molecule has 6 heteroatoms. The van der Waals surface area contributed by atoms with Gasteiger partial charge in [0.1, 0.15) is 0 Å². The van der Waals surface area contributed by atoms with Crippen LogP contribution in [0.2, 0.25) is 0 Å². The number of likely N-dealkylation sites (N-methyl/N-ethyl adjacent to an activating group) is 1. The minimum atomic E-state index is -0.342. The number of anilines is 1. The summed E-state index contributed by atoms with van der Waals surface area (Å²) < 4.78 is 16.5. The van der Waals surface area contributed by atoms with Gasteiger partial charge in [0.2, 0.25) is 6.79 Å². The van der Waals surface area contributed by atoms with Crippen LogP contribution >= 0.6 is 0 Å². The Kier molecular flexibility index (Phi) is 3.39. The SMILES string of the molecule is COc1c(O)ccc2c1[C@@H](CO)N(C)c1c-2ccc2cc3c(cc12)OCO3. The minimum Gasteiger partial charge on any atom is -0.504 e. The number of hydrogen-bond donors (Lipinski definition) is 2. The van der Waals surface area contributed by atoms with Crippen molar-refractivity contribution in [2.75, 3.05) is 32.5 Å². The molecule has 2 aliphatic rings. The zero-order chi connectivity index (χ0) is 18.7. The van der Waals surface area contributed by atoms with Gasteiger partial charge in [-0.3, -0.25) is 0 Å².